The molecule has 2 amide bonds. The molecule has 2 aliphatic rings. The number of amides is 2. The molecule has 1 fully saturated rings. The number of hydrogen-bond donors (Lipinski definition) is 2. The van der Waals surface area contributed by atoms with Gasteiger partial charge in [-0.2, -0.15) is 5.10 Å². The van der Waals surface area contributed by atoms with Crippen LogP contribution in [0.15, 0.2) is 23.7 Å². The predicted molar refractivity (Wildman–Crippen MR) is 104 cm³/mol. The maximum absolute atomic E-state index is 12.5. The second kappa shape index (κ2) is 9.16. The fraction of sp³-hybridized carbons (Fsp3) is 0.471. The van der Waals surface area contributed by atoms with E-state index < -0.39 is 40.1 Å². The molecule has 2 aliphatic heterocycles. The van der Waals surface area contributed by atoms with Gasteiger partial charge in [0.05, 0.1) is 4.92 Å². The third-order valence-electron chi connectivity index (χ3n) is 4.64. The first kappa shape index (κ1) is 22.3. The van der Waals surface area contributed by atoms with E-state index in [1.165, 1.54) is 29.6 Å². The molecule has 166 valence electrons. The van der Waals surface area contributed by atoms with Crippen molar-refractivity contribution < 1.29 is 33.9 Å². The lowest BCUT2D eigenvalue weighted by molar-refractivity contribution is -0.385. The van der Waals surface area contributed by atoms with Gasteiger partial charge in [-0.05, 0) is 6.42 Å². The summed E-state index contributed by atoms with van der Waals surface area (Å²) in [6, 6.07) is -0.854. The Kier molecular flexibility index (Phi) is 6.58. The first-order valence-corrected chi connectivity index (χ1v) is 10.2. The molecule has 31 heavy (non-hydrogen) atoms. The maximum atomic E-state index is 12.5. The Morgan fingerprint density at radius 1 is 1.45 bits per heavy atom. The molecule has 1 aromatic rings. The van der Waals surface area contributed by atoms with Crippen molar-refractivity contribution in [3.8, 4) is 0 Å². The zero-order chi connectivity index (χ0) is 22.7. The molecule has 1 aromatic heterocycles. The molecular weight excluding hydrogens is 434 g/mol. The van der Waals surface area contributed by atoms with Crippen LogP contribution in [-0.4, -0.2) is 72.2 Å². The number of hydrogen-bond acceptors (Lipinski definition) is 9. The quantitative estimate of drug-likeness (QED) is 0.222. The lowest BCUT2D eigenvalue weighted by Crippen LogP contribution is -2.70. The first-order chi connectivity index (χ1) is 14.7. The summed E-state index contributed by atoms with van der Waals surface area (Å²) in [5.41, 5.74) is -0.0505. The summed E-state index contributed by atoms with van der Waals surface area (Å²) in [6.45, 7) is 1.27. The lowest BCUT2D eigenvalue weighted by atomic mass is 10.0. The largest absolute Gasteiger partial charge is 0.477 e. The number of carbonyl (C=O) groups excluding carboxylic acids is 3. The fourth-order valence-electron chi connectivity index (χ4n) is 3.20. The lowest BCUT2D eigenvalue weighted by Gasteiger charge is -2.49. The second-order valence-electron chi connectivity index (χ2n) is 6.81. The zero-order valence-electron chi connectivity index (χ0n) is 16.3. The fourth-order valence-corrected chi connectivity index (χ4v) is 4.53. The molecule has 0 aromatic carbocycles. The van der Waals surface area contributed by atoms with E-state index in [4.69, 9.17) is 4.74 Å². The molecule has 0 aliphatic carbocycles. The van der Waals surface area contributed by atoms with Crippen LogP contribution in [0.25, 0.3) is 0 Å². The summed E-state index contributed by atoms with van der Waals surface area (Å²) in [5.74, 6) is -2.57. The number of aromatic nitrogens is 2. The summed E-state index contributed by atoms with van der Waals surface area (Å²) < 4.78 is 6.22. The number of nitrogens with one attached hydrogen (secondary N) is 1. The van der Waals surface area contributed by atoms with Gasteiger partial charge in [0.25, 0.3) is 5.91 Å². The van der Waals surface area contributed by atoms with Crippen LogP contribution >= 0.6 is 11.8 Å². The maximum Gasteiger partial charge on any atom is 0.352 e. The molecule has 2 N–H and O–H groups in total. The molecule has 13 nitrogen and oxygen atoms in total. The van der Waals surface area contributed by atoms with Gasteiger partial charge in [0, 0.05) is 31.2 Å². The Morgan fingerprint density at radius 3 is 2.81 bits per heavy atom. The number of carbonyl (C=O) groups is 4. The minimum atomic E-state index is -1.31. The van der Waals surface area contributed by atoms with Crippen molar-refractivity contribution in [1.29, 1.82) is 0 Å². The molecule has 0 bridgehead atoms. The average molecular weight is 453 g/mol. The van der Waals surface area contributed by atoms with Crippen molar-refractivity contribution >= 4 is 41.2 Å². The third kappa shape index (κ3) is 4.84. The van der Waals surface area contributed by atoms with E-state index in [-0.39, 0.29) is 36.7 Å². The van der Waals surface area contributed by atoms with Crippen LogP contribution in [0.1, 0.15) is 19.8 Å². The van der Waals surface area contributed by atoms with E-state index in [0.29, 0.717) is 12.0 Å². The highest BCUT2D eigenvalue weighted by Crippen LogP contribution is 2.40. The van der Waals surface area contributed by atoms with Gasteiger partial charge in [0.1, 0.15) is 36.1 Å². The van der Waals surface area contributed by atoms with Crippen molar-refractivity contribution in [3.63, 3.8) is 0 Å². The molecule has 0 spiro atoms. The van der Waals surface area contributed by atoms with Gasteiger partial charge >= 0.3 is 17.6 Å². The van der Waals surface area contributed by atoms with E-state index in [1.54, 1.807) is 0 Å². The van der Waals surface area contributed by atoms with Crippen LogP contribution in [0.3, 0.4) is 0 Å². The topological polar surface area (TPSA) is 174 Å². The standard InChI is InChI=1S/C17H19N5O8S/c1-9(23)30-7-10-8-31-16-13(15(25)21(16)14(10)17(26)27)19-12(24)3-2-4-20-6-11(5-18-20)22(28)29/h5-6,13,16H,2-4,7-8H2,1H3,(H,19,24)(H,26,27)/t13-,16-/m1/s1. The Hall–Kier alpha value is -3.42. The summed E-state index contributed by atoms with van der Waals surface area (Å²) in [4.78, 5) is 58.6. The van der Waals surface area contributed by atoms with Crippen molar-refractivity contribution in [3.05, 3.63) is 33.8 Å². The van der Waals surface area contributed by atoms with Crippen LogP contribution in [0.5, 0.6) is 0 Å². The monoisotopic (exact) mass is 453 g/mol. The van der Waals surface area contributed by atoms with Crippen LogP contribution in [-0.2, 0) is 30.5 Å². The minimum Gasteiger partial charge on any atom is -0.477 e. The van der Waals surface area contributed by atoms with Crippen molar-refractivity contribution in [2.75, 3.05) is 12.4 Å². The number of carboxylic acid groups (broad SMARTS) is 1. The molecule has 3 heterocycles. The summed E-state index contributed by atoms with van der Waals surface area (Å²) in [5, 5.41) is 26.0. The number of nitro groups is 1. The number of aliphatic carboxylic acids is 1. The summed E-state index contributed by atoms with van der Waals surface area (Å²) in [6.07, 6.45) is 2.79. The van der Waals surface area contributed by atoms with Crippen LogP contribution < -0.4 is 5.32 Å². The predicted octanol–water partition coefficient (Wildman–Crippen LogP) is -0.127. The van der Waals surface area contributed by atoms with E-state index in [0.717, 1.165) is 11.1 Å². The molecule has 3 rings (SSSR count). The molecular formula is C17H19N5O8S. The van der Waals surface area contributed by atoms with Gasteiger partial charge in [-0.3, -0.25) is 34.1 Å². The molecule has 14 heteroatoms. The molecule has 2 atom stereocenters. The normalized spacial score (nSPS) is 20.0. The van der Waals surface area contributed by atoms with Crippen LogP contribution in [0.4, 0.5) is 5.69 Å². The SMILES string of the molecule is CC(=O)OCC1=C(C(=O)O)N2C(=O)[C@@H](NC(=O)CCCn3cc([N+](=O)[O-])cn3)[C@H]2SC1. The Balaban J connectivity index is 1.54. The van der Waals surface area contributed by atoms with Gasteiger partial charge in [-0.1, -0.05) is 0 Å². The van der Waals surface area contributed by atoms with Gasteiger partial charge in [0.2, 0.25) is 5.91 Å². The number of β-lactam (4-membered cyclic amide) rings is 1. The van der Waals surface area contributed by atoms with Crippen LogP contribution in [0.2, 0.25) is 0 Å². The van der Waals surface area contributed by atoms with Gasteiger partial charge in [-0.25, -0.2) is 4.79 Å². The number of thioether (sulfide) groups is 1. The highest BCUT2D eigenvalue weighted by atomic mass is 32.2. The number of aryl methyl sites for hydroxylation is 1. The van der Waals surface area contributed by atoms with Gasteiger partial charge in [-0.15, -0.1) is 11.8 Å². The summed E-state index contributed by atoms with van der Waals surface area (Å²) in [7, 11) is 0. The highest BCUT2D eigenvalue weighted by Gasteiger charge is 2.54. The average Bonchev–Trinajstić information content (AvgIpc) is 3.18. The number of ether oxygens (including phenoxy) is 1. The van der Waals surface area contributed by atoms with E-state index in [9.17, 15) is 34.4 Å². The zero-order valence-corrected chi connectivity index (χ0v) is 17.2. The van der Waals surface area contributed by atoms with E-state index in [2.05, 4.69) is 10.4 Å². The minimum absolute atomic E-state index is 0.0636. The Morgan fingerprint density at radius 2 is 2.19 bits per heavy atom. The second-order valence-corrected chi connectivity index (χ2v) is 7.92. The van der Waals surface area contributed by atoms with E-state index in [1.807, 2.05) is 0 Å². The van der Waals surface area contributed by atoms with Crippen LogP contribution in [0, 0.1) is 10.1 Å². The number of rotatable bonds is 9. The van der Waals surface area contributed by atoms with Gasteiger partial charge in [0.15, 0.2) is 0 Å². The molecule has 0 unspecified atom stereocenters. The first-order valence-electron chi connectivity index (χ1n) is 9.18. The Labute approximate surface area is 179 Å². The smallest absolute Gasteiger partial charge is 0.352 e. The molecule has 0 saturated carbocycles. The Bertz CT molecular complexity index is 973. The number of esters is 1. The van der Waals surface area contributed by atoms with E-state index >= 15 is 0 Å². The van der Waals surface area contributed by atoms with Gasteiger partial charge < -0.3 is 15.2 Å². The number of fused-ring (bicyclic) bond motifs is 1. The van der Waals surface area contributed by atoms with Crippen molar-refractivity contribution in [2.45, 2.75) is 37.7 Å². The molecule has 1 saturated heterocycles. The summed E-state index contributed by atoms with van der Waals surface area (Å²) >= 11 is 1.27. The molecule has 0 radical (unpaired) electrons. The third-order valence-corrected chi connectivity index (χ3v) is 5.98. The van der Waals surface area contributed by atoms with Crippen molar-refractivity contribution in [2.24, 2.45) is 0 Å². The highest BCUT2D eigenvalue weighted by molar-refractivity contribution is 8.00. The number of nitrogens with zero attached hydrogens (tertiary/aromatic N) is 4. The number of carboxylic acids is 1. The van der Waals surface area contributed by atoms with Crippen molar-refractivity contribution in [1.82, 2.24) is 20.0 Å².